The van der Waals surface area contributed by atoms with Crippen LogP contribution in [0.25, 0.3) is 0 Å². The number of halogens is 2. The summed E-state index contributed by atoms with van der Waals surface area (Å²) in [7, 11) is 0. The van der Waals surface area contributed by atoms with Gasteiger partial charge in [0.05, 0.1) is 12.6 Å². The first-order chi connectivity index (χ1) is 7.33. The number of alkyl halides is 2. The molecule has 1 rings (SSSR count). The van der Waals surface area contributed by atoms with E-state index in [-0.39, 0.29) is 18.1 Å². The van der Waals surface area contributed by atoms with Gasteiger partial charge in [-0.2, -0.15) is 0 Å². The van der Waals surface area contributed by atoms with E-state index in [1.807, 2.05) is 20.8 Å². The minimum absolute atomic E-state index is 0.135. The zero-order valence-electron chi connectivity index (χ0n) is 10.2. The maximum absolute atomic E-state index is 12.0. The molecule has 0 aliphatic heterocycles. The topological polar surface area (TPSA) is 47.3 Å². The Morgan fingerprint density at radius 2 is 2.12 bits per heavy atom. The van der Waals surface area contributed by atoms with Gasteiger partial charge in [-0.05, 0) is 13.3 Å². The zero-order valence-corrected chi connectivity index (χ0v) is 10.2. The van der Waals surface area contributed by atoms with Gasteiger partial charge in [0.25, 0.3) is 6.43 Å². The number of nitrogens with two attached hydrogens (primary N) is 1. The monoisotopic (exact) mass is 236 g/mol. The molecule has 0 saturated heterocycles. The molecule has 1 fully saturated rings. The van der Waals surface area contributed by atoms with E-state index in [2.05, 4.69) is 5.32 Å². The molecule has 96 valence electrons. The van der Waals surface area contributed by atoms with Gasteiger partial charge >= 0.3 is 0 Å². The van der Waals surface area contributed by atoms with Gasteiger partial charge in [-0.3, -0.25) is 0 Å². The van der Waals surface area contributed by atoms with Crippen LogP contribution >= 0.6 is 0 Å². The normalized spacial score (nSPS) is 32.8. The van der Waals surface area contributed by atoms with Crippen LogP contribution in [0.5, 0.6) is 0 Å². The van der Waals surface area contributed by atoms with Gasteiger partial charge < -0.3 is 15.8 Å². The number of hydrogen-bond donors (Lipinski definition) is 2. The van der Waals surface area contributed by atoms with E-state index in [4.69, 9.17) is 10.5 Å². The Labute approximate surface area is 95.7 Å². The second-order valence-corrected chi connectivity index (χ2v) is 5.05. The molecule has 2 atom stereocenters. The van der Waals surface area contributed by atoms with E-state index in [1.54, 1.807) is 0 Å². The maximum Gasteiger partial charge on any atom is 0.250 e. The van der Waals surface area contributed by atoms with Crippen molar-refractivity contribution in [1.82, 2.24) is 5.32 Å². The molecular weight excluding hydrogens is 214 g/mol. The first-order valence-electron chi connectivity index (χ1n) is 5.73. The Balaban J connectivity index is 2.42. The Morgan fingerprint density at radius 1 is 1.50 bits per heavy atom. The molecular formula is C11H22F2N2O. The summed E-state index contributed by atoms with van der Waals surface area (Å²) in [6, 6.07) is 0. The van der Waals surface area contributed by atoms with Gasteiger partial charge in [0.2, 0.25) is 0 Å². The average Bonchev–Trinajstić information content (AvgIpc) is 2.17. The summed E-state index contributed by atoms with van der Waals surface area (Å²) in [5.41, 5.74) is 5.59. The highest BCUT2D eigenvalue weighted by Crippen LogP contribution is 2.49. The molecule has 1 aliphatic rings. The largest absolute Gasteiger partial charge is 0.378 e. The highest BCUT2D eigenvalue weighted by molar-refractivity contribution is 5.14. The Kier molecular flexibility index (Phi) is 4.26. The summed E-state index contributed by atoms with van der Waals surface area (Å²) >= 11 is 0. The Hall–Kier alpha value is -0.260. The third kappa shape index (κ3) is 2.52. The van der Waals surface area contributed by atoms with Crippen LogP contribution in [0, 0.1) is 5.41 Å². The zero-order chi connectivity index (χ0) is 12.4. The molecule has 0 aromatic rings. The van der Waals surface area contributed by atoms with Crippen molar-refractivity contribution in [2.45, 2.75) is 45.3 Å². The summed E-state index contributed by atoms with van der Waals surface area (Å²) in [4.78, 5) is 0. The van der Waals surface area contributed by atoms with Crippen molar-refractivity contribution in [3.8, 4) is 0 Å². The lowest BCUT2D eigenvalue weighted by Crippen LogP contribution is -2.73. The predicted octanol–water partition coefficient (Wildman–Crippen LogP) is 1.37. The SMILES string of the molecule is CCOC1CC(N)(CNCC(F)F)C1(C)C. The number of nitrogens with one attached hydrogen (secondary N) is 1. The van der Waals surface area contributed by atoms with Gasteiger partial charge in [-0.25, -0.2) is 8.78 Å². The molecule has 0 spiro atoms. The van der Waals surface area contributed by atoms with E-state index >= 15 is 0 Å². The fourth-order valence-corrected chi connectivity index (χ4v) is 2.21. The van der Waals surface area contributed by atoms with Crippen LogP contribution in [-0.2, 0) is 4.74 Å². The third-order valence-electron chi connectivity index (χ3n) is 3.74. The summed E-state index contributed by atoms with van der Waals surface area (Å²) in [6.45, 7) is 6.78. The van der Waals surface area contributed by atoms with Crippen LogP contribution < -0.4 is 11.1 Å². The van der Waals surface area contributed by atoms with Gasteiger partial charge in [-0.1, -0.05) is 13.8 Å². The van der Waals surface area contributed by atoms with Gasteiger partial charge in [-0.15, -0.1) is 0 Å². The van der Waals surface area contributed by atoms with Crippen molar-refractivity contribution in [2.24, 2.45) is 11.1 Å². The van der Waals surface area contributed by atoms with Crippen molar-refractivity contribution >= 4 is 0 Å². The highest BCUT2D eigenvalue weighted by atomic mass is 19.3. The molecule has 3 nitrogen and oxygen atoms in total. The average molecular weight is 236 g/mol. The molecule has 0 aromatic carbocycles. The standard InChI is InChI=1S/C11H22F2N2O/c1-4-16-8-5-11(14,10(8,2)3)7-15-6-9(12)13/h8-9,15H,4-7,14H2,1-3H3. The molecule has 1 aliphatic carbocycles. The van der Waals surface area contributed by atoms with Crippen molar-refractivity contribution in [2.75, 3.05) is 19.7 Å². The molecule has 3 N–H and O–H groups in total. The lowest BCUT2D eigenvalue weighted by molar-refractivity contribution is -0.148. The second-order valence-electron chi connectivity index (χ2n) is 5.05. The molecule has 0 amide bonds. The summed E-state index contributed by atoms with van der Waals surface area (Å²) in [5.74, 6) is 0. The Bertz CT molecular complexity index is 236. The number of ether oxygens (including phenoxy) is 1. The minimum atomic E-state index is -2.32. The lowest BCUT2D eigenvalue weighted by atomic mass is 9.54. The van der Waals surface area contributed by atoms with Crippen LogP contribution in [0.4, 0.5) is 8.78 Å². The minimum Gasteiger partial charge on any atom is -0.378 e. The van der Waals surface area contributed by atoms with Gasteiger partial charge in [0.1, 0.15) is 0 Å². The van der Waals surface area contributed by atoms with E-state index < -0.39 is 12.0 Å². The van der Waals surface area contributed by atoms with Gasteiger partial charge in [0, 0.05) is 24.1 Å². The van der Waals surface area contributed by atoms with E-state index in [0.29, 0.717) is 13.2 Å². The molecule has 5 heteroatoms. The van der Waals surface area contributed by atoms with Crippen molar-refractivity contribution in [3.63, 3.8) is 0 Å². The highest BCUT2D eigenvalue weighted by Gasteiger charge is 2.58. The van der Waals surface area contributed by atoms with Crippen molar-refractivity contribution < 1.29 is 13.5 Å². The van der Waals surface area contributed by atoms with E-state index in [0.717, 1.165) is 6.42 Å². The van der Waals surface area contributed by atoms with Crippen LogP contribution in [-0.4, -0.2) is 37.8 Å². The maximum atomic E-state index is 12.0. The van der Waals surface area contributed by atoms with Crippen molar-refractivity contribution in [1.29, 1.82) is 0 Å². The number of rotatable bonds is 6. The second kappa shape index (κ2) is 4.94. The van der Waals surface area contributed by atoms with Crippen LogP contribution in [0.2, 0.25) is 0 Å². The molecule has 0 bridgehead atoms. The molecule has 2 unspecified atom stereocenters. The first kappa shape index (κ1) is 13.8. The fourth-order valence-electron chi connectivity index (χ4n) is 2.21. The Morgan fingerprint density at radius 3 is 2.56 bits per heavy atom. The first-order valence-corrected chi connectivity index (χ1v) is 5.73. The lowest BCUT2D eigenvalue weighted by Gasteiger charge is -2.59. The van der Waals surface area contributed by atoms with Gasteiger partial charge in [0.15, 0.2) is 0 Å². The van der Waals surface area contributed by atoms with Crippen molar-refractivity contribution in [3.05, 3.63) is 0 Å². The number of hydrogen-bond acceptors (Lipinski definition) is 3. The quantitative estimate of drug-likeness (QED) is 0.732. The fraction of sp³-hybridized carbons (Fsp3) is 1.00. The van der Waals surface area contributed by atoms with Crippen LogP contribution in [0.1, 0.15) is 27.2 Å². The van der Waals surface area contributed by atoms with Crippen LogP contribution in [0.3, 0.4) is 0 Å². The van der Waals surface area contributed by atoms with Crippen LogP contribution in [0.15, 0.2) is 0 Å². The third-order valence-corrected chi connectivity index (χ3v) is 3.74. The summed E-state index contributed by atoms with van der Waals surface area (Å²) < 4.78 is 29.5. The summed E-state index contributed by atoms with van der Waals surface area (Å²) in [6.07, 6.45) is -1.46. The molecule has 1 saturated carbocycles. The summed E-state index contributed by atoms with van der Waals surface area (Å²) in [5, 5.41) is 2.72. The molecule has 0 heterocycles. The molecule has 16 heavy (non-hydrogen) atoms. The van der Waals surface area contributed by atoms with E-state index in [9.17, 15) is 8.78 Å². The molecule has 0 aromatic heterocycles. The van der Waals surface area contributed by atoms with E-state index in [1.165, 1.54) is 0 Å². The molecule has 0 radical (unpaired) electrons. The predicted molar refractivity (Wildman–Crippen MR) is 59.6 cm³/mol. The smallest absolute Gasteiger partial charge is 0.250 e.